The van der Waals surface area contributed by atoms with Crippen LogP contribution in [0.1, 0.15) is 29.2 Å². The molecule has 1 heterocycles. The Hall–Kier alpha value is -2.46. The lowest BCUT2D eigenvalue weighted by Crippen LogP contribution is -2.74. The molecule has 0 fully saturated rings. The second kappa shape index (κ2) is 15.6. The summed E-state index contributed by atoms with van der Waals surface area (Å²) in [7, 11) is 0. The quantitative estimate of drug-likeness (QED) is 0.0973. The summed E-state index contributed by atoms with van der Waals surface area (Å²) < 4.78 is 229. The molecule has 0 saturated carbocycles. The Morgan fingerprint density at radius 3 is 1.20 bits per heavy atom. The van der Waals surface area contributed by atoms with Crippen molar-refractivity contribution in [3.05, 3.63) is 71.3 Å². The molecule has 0 aliphatic heterocycles. The number of rotatable bonds is 13. The van der Waals surface area contributed by atoms with Gasteiger partial charge in [-0.1, -0.05) is 118 Å². The van der Waals surface area contributed by atoms with Crippen LogP contribution in [0.25, 0.3) is 23.5 Å². The first-order valence-electron chi connectivity index (χ1n) is 14.1. The van der Waals surface area contributed by atoms with Crippen molar-refractivity contribution in [3.8, 4) is 17.1 Å². The average Bonchev–Trinajstić information content (AvgIpc) is 3.06. The minimum Gasteiger partial charge on any atom is -0.493 e. The van der Waals surface area contributed by atoms with E-state index in [2.05, 4.69) is 19.7 Å². The molecule has 0 N–H and O–H groups in total. The van der Waals surface area contributed by atoms with Crippen molar-refractivity contribution in [1.82, 2.24) is 15.0 Å². The molecule has 312 valence electrons. The second-order valence-electron chi connectivity index (χ2n) is 11.1. The normalized spacial score (nSPS) is 14.8. The molecule has 0 spiro atoms. The fourth-order valence-corrected chi connectivity index (χ4v) is 4.53. The largest absolute Gasteiger partial charge is 0.493 e. The highest BCUT2D eigenvalue weighted by Gasteiger charge is 2.95. The first-order chi connectivity index (χ1) is 25.0. The average molecular weight is 956 g/mol. The summed E-state index contributed by atoms with van der Waals surface area (Å²) in [5.74, 6) is -58.1. The molecule has 0 atom stereocenters. The van der Waals surface area contributed by atoms with Crippen molar-refractivity contribution >= 4 is 81.8 Å². The van der Waals surface area contributed by atoms with E-state index in [1.807, 2.05) is 0 Å². The van der Waals surface area contributed by atoms with Gasteiger partial charge in [0.25, 0.3) is 0 Å². The van der Waals surface area contributed by atoms with Crippen molar-refractivity contribution < 1.29 is 79.4 Å². The zero-order valence-corrected chi connectivity index (χ0v) is 30.7. The zero-order valence-electron chi connectivity index (χ0n) is 26.1. The van der Waals surface area contributed by atoms with Gasteiger partial charge in [0.15, 0.2) is 17.5 Å². The van der Waals surface area contributed by atoms with E-state index < -0.39 is 74.0 Å². The predicted molar refractivity (Wildman–Crippen MR) is 170 cm³/mol. The van der Waals surface area contributed by atoms with E-state index in [1.165, 1.54) is 48.6 Å². The third kappa shape index (κ3) is 9.06. The molecule has 3 rings (SSSR count). The lowest BCUT2D eigenvalue weighted by Gasteiger charge is -2.42. The number of nitrogens with zero attached hydrogens (tertiary/aromatic N) is 3. The van der Waals surface area contributed by atoms with E-state index in [9.17, 15) is 74.6 Å². The smallest absolute Gasteiger partial charge is 0.460 e. The van der Waals surface area contributed by atoms with Crippen LogP contribution in [-0.2, 0) is 7.59 Å². The highest BCUT2D eigenvalue weighted by molar-refractivity contribution is 6.67. The molecule has 0 saturated heterocycles. The summed E-state index contributed by atoms with van der Waals surface area (Å²) >= 11 is 35.1. The van der Waals surface area contributed by atoms with Crippen molar-refractivity contribution in [2.75, 3.05) is 6.61 Å². The van der Waals surface area contributed by atoms with Gasteiger partial charge in [-0.25, -0.2) is 15.0 Å². The molecule has 2 aromatic carbocycles. The first kappa shape index (κ1) is 47.9. The molecule has 1 aromatic heterocycles. The molecule has 4 nitrogen and oxygen atoms in total. The van der Waals surface area contributed by atoms with Gasteiger partial charge in [-0.2, -0.15) is 74.6 Å². The Bertz CT molecular complexity index is 1850. The monoisotopic (exact) mass is 953 g/mol. The van der Waals surface area contributed by atoms with Crippen molar-refractivity contribution in [3.63, 3.8) is 0 Å². The molecule has 3 aromatic rings. The molecule has 0 aliphatic carbocycles. The SMILES string of the molecule is FC(F)(F)C(F)(F)C(F)(F)C(F)(F)C(F)(F)C(F)(F)C(F)(F)C(F)(F)CCOc1ccc(/C=C/c2ccc(-c3nc(C(Cl)(Cl)Cl)nc(C(Cl)(Cl)Cl)n3)cc2)cc1. The van der Waals surface area contributed by atoms with E-state index in [1.54, 1.807) is 0 Å². The van der Waals surface area contributed by atoms with Gasteiger partial charge >= 0.3 is 47.6 Å². The van der Waals surface area contributed by atoms with Gasteiger partial charge in [0.1, 0.15) is 5.75 Å². The maximum absolute atomic E-state index is 14.2. The van der Waals surface area contributed by atoms with E-state index in [0.717, 1.165) is 12.1 Å². The van der Waals surface area contributed by atoms with Crippen LogP contribution in [-0.4, -0.2) is 69.2 Å². The summed E-state index contributed by atoms with van der Waals surface area (Å²) in [6.07, 6.45) is -7.60. The highest BCUT2D eigenvalue weighted by Crippen LogP contribution is 2.64. The van der Waals surface area contributed by atoms with E-state index in [0.29, 0.717) is 16.7 Å². The fraction of sp³-hybridized carbons (Fsp3) is 0.414. The van der Waals surface area contributed by atoms with E-state index >= 15 is 0 Å². The van der Waals surface area contributed by atoms with E-state index in [-0.39, 0.29) is 17.5 Å². The molecule has 56 heavy (non-hydrogen) atoms. The Balaban J connectivity index is 1.71. The van der Waals surface area contributed by atoms with Gasteiger partial charge < -0.3 is 4.74 Å². The number of halogens is 23. The third-order valence-electron chi connectivity index (χ3n) is 7.13. The zero-order chi connectivity index (χ0) is 43.4. The van der Waals surface area contributed by atoms with Crippen LogP contribution in [0.15, 0.2) is 48.5 Å². The molecular weight excluding hydrogens is 942 g/mol. The summed E-state index contributed by atoms with van der Waals surface area (Å²) in [4.78, 5) is 11.9. The number of hydrogen-bond acceptors (Lipinski definition) is 4. The molecular formula is C29H14Cl6F17N3O. The minimum atomic E-state index is -8.69. The van der Waals surface area contributed by atoms with Gasteiger partial charge in [0, 0.05) is 5.56 Å². The third-order valence-corrected chi connectivity index (χ3v) is 8.15. The summed E-state index contributed by atoms with van der Waals surface area (Å²) in [5, 5.41) is 0. The molecule has 0 radical (unpaired) electrons. The van der Waals surface area contributed by atoms with Crippen molar-refractivity contribution in [2.45, 2.75) is 61.6 Å². The van der Waals surface area contributed by atoms with Crippen LogP contribution in [0.2, 0.25) is 0 Å². The Kier molecular flexibility index (Phi) is 13.4. The Morgan fingerprint density at radius 1 is 0.464 bits per heavy atom. The van der Waals surface area contributed by atoms with Crippen LogP contribution in [0.3, 0.4) is 0 Å². The fourth-order valence-electron chi connectivity index (χ4n) is 4.02. The van der Waals surface area contributed by atoms with E-state index in [4.69, 9.17) is 69.6 Å². The van der Waals surface area contributed by atoms with Crippen LogP contribution in [0.5, 0.6) is 5.75 Å². The maximum atomic E-state index is 14.2. The van der Waals surface area contributed by atoms with Gasteiger partial charge in [0.2, 0.25) is 7.59 Å². The topological polar surface area (TPSA) is 47.9 Å². The van der Waals surface area contributed by atoms with Crippen molar-refractivity contribution in [1.29, 1.82) is 0 Å². The molecule has 0 amide bonds. The van der Waals surface area contributed by atoms with Gasteiger partial charge in [0.05, 0.1) is 13.0 Å². The van der Waals surface area contributed by atoms with Gasteiger partial charge in [-0.3, -0.25) is 0 Å². The van der Waals surface area contributed by atoms with Crippen LogP contribution >= 0.6 is 69.6 Å². The molecule has 27 heteroatoms. The number of benzene rings is 2. The van der Waals surface area contributed by atoms with Gasteiger partial charge in [-0.15, -0.1) is 0 Å². The summed E-state index contributed by atoms with van der Waals surface area (Å²) in [6, 6.07) is 10.5. The number of alkyl halides is 23. The maximum Gasteiger partial charge on any atom is 0.460 e. The molecule has 0 aliphatic rings. The van der Waals surface area contributed by atoms with Crippen LogP contribution in [0.4, 0.5) is 74.6 Å². The molecule has 0 bridgehead atoms. The highest BCUT2D eigenvalue weighted by atomic mass is 35.6. The Morgan fingerprint density at radius 2 is 0.821 bits per heavy atom. The minimum absolute atomic E-state index is 0.0553. The van der Waals surface area contributed by atoms with Crippen molar-refractivity contribution in [2.24, 2.45) is 0 Å². The van der Waals surface area contributed by atoms with Gasteiger partial charge in [-0.05, 0) is 23.3 Å². The first-order valence-corrected chi connectivity index (χ1v) is 16.4. The molecule has 0 unspecified atom stereocenters. The lowest BCUT2D eigenvalue weighted by atomic mass is 9.88. The number of ether oxygens (including phenoxy) is 1. The Labute approximate surface area is 331 Å². The lowest BCUT2D eigenvalue weighted by molar-refractivity contribution is -0.461. The number of hydrogen-bond donors (Lipinski definition) is 0. The van der Waals surface area contributed by atoms with Crippen LogP contribution < -0.4 is 4.74 Å². The summed E-state index contributed by atoms with van der Waals surface area (Å²) in [6.45, 7) is -1.78. The predicted octanol–water partition coefficient (Wildman–Crippen LogP) is 13.1. The standard InChI is InChI=1S/C29H14Cl6F17N3O/c30-21(31,32)18-53-17(54-19(55-18)22(33,34)35)15-7-3-13(4-8-15)1-2-14-5-9-16(10-6-14)56-12-11-20(36,37)23(38,39)24(40,41)25(42,43)26(44,45)27(46,47)28(48,49)29(50,51)52/h1-10H,11-12H2/b2-1+. The number of aromatic nitrogens is 3. The second-order valence-corrected chi connectivity index (χ2v) is 15.6. The summed E-state index contributed by atoms with van der Waals surface area (Å²) in [5.41, 5.74) is 1.20. The van der Waals surface area contributed by atoms with Crippen LogP contribution in [0, 0.1) is 0 Å².